The first kappa shape index (κ1) is 13.7. The molecule has 0 aliphatic heterocycles. The van der Waals surface area contributed by atoms with Crippen molar-refractivity contribution in [3.05, 3.63) is 51.1 Å². The van der Waals surface area contributed by atoms with E-state index in [0.29, 0.717) is 22.5 Å². The summed E-state index contributed by atoms with van der Waals surface area (Å²) in [5.74, 6) is 1.46. The molecule has 94 valence electrons. The fraction of sp³-hybridized carbons (Fsp3) is 0.154. The summed E-state index contributed by atoms with van der Waals surface area (Å²) in [5.41, 5.74) is 1.95. The Morgan fingerprint density at radius 1 is 1.33 bits per heavy atom. The lowest BCUT2D eigenvalue weighted by Crippen LogP contribution is -1.91. The second-order valence-electron chi connectivity index (χ2n) is 3.78. The number of ether oxygens (including phenoxy) is 1. The molecule has 18 heavy (non-hydrogen) atoms. The fourth-order valence-electron chi connectivity index (χ4n) is 1.41. The molecule has 0 amide bonds. The van der Waals surface area contributed by atoms with Gasteiger partial charge in [-0.15, -0.1) is 11.6 Å². The maximum atomic E-state index is 6.07. The number of pyridine rings is 1. The molecule has 0 saturated heterocycles. The highest BCUT2D eigenvalue weighted by molar-refractivity contribution is 9.10. The van der Waals surface area contributed by atoms with Crippen molar-refractivity contribution in [1.82, 2.24) is 4.98 Å². The highest BCUT2D eigenvalue weighted by Gasteiger charge is 2.07. The minimum atomic E-state index is 0.379. The Kier molecular flexibility index (Phi) is 4.49. The summed E-state index contributed by atoms with van der Waals surface area (Å²) in [4.78, 5) is 4.15. The van der Waals surface area contributed by atoms with Crippen LogP contribution in [0.1, 0.15) is 11.1 Å². The van der Waals surface area contributed by atoms with Crippen LogP contribution in [0.4, 0.5) is 0 Å². The summed E-state index contributed by atoms with van der Waals surface area (Å²) >= 11 is 15.2. The van der Waals surface area contributed by atoms with E-state index in [2.05, 4.69) is 20.9 Å². The Morgan fingerprint density at radius 2 is 2.11 bits per heavy atom. The van der Waals surface area contributed by atoms with Crippen LogP contribution in [0.15, 0.2) is 34.9 Å². The lowest BCUT2D eigenvalue weighted by atomic mass is 10.2. The van der Waals surface area contributed by atoms with Gasteiger partial charge in [-0.25, -0.2) is 4.98 Å². The summed E-state index contributed by atoms with van der Waals surface area (Å²) in [6.45, 7) is 1.99. The highest BCUT2D eigenvalue weighted by Crippen LogP contribution is 2.30. The number of alkyl halides is 1. The van der Waals surface area contributed by atoms with Gasteiger partial charge < -0.3 is 4.74 Å². The fourth-order valence-corrected chi connectivity index (χ4v) is 2.03. The van der Waals surface area contributed by atoms with Crippen molar-refractivity contribution in [1.29, 1.82) is 0 Å². The molecule has 0 N–H and O–H groups in total. The van der Waals surface area contributed by atoms with Gasteiger partial charge in [0.15, 0.2) is 0 Å². The van der Waals surface area contributed by atoms with Gasteiger partial charge in [-0.1, -0.05) is 27.5 Å². The van der Waals surface area contributed by atoms with Crippen LogP contribution >= 0.6 is 39.1 Å². The van der Waals surface area contributed by atoms with Crippen molar-refractivity contribution in [3.63, 3.8) is 0 Å². The molecular weight excluding hydrogens is 337 g/mol. The molecule has 1 aromatic carbocycles. The first-order chi connectivity index (χ1) is 8.60. The third-order valence-corrected chi connectivity index (χ3v) is 3.83. The molecule has 0 aliphatic carbocycles. The van der Waals surface area contributed by atoms with Crippen LogP contribution in [0, 0.1) is 6.92 Å². The topological polar surface area (TPSA) is 22.1 Å². The minimum Gasteiger partial charge on any atom is -0.438 e. The van der Waals surface area contributed by atoms with Crippen LogP contribution in [-0.4, -0.2) is 4.98 Å². The van der Waals surface area contributed by atoms with Gasteiger partial charge in [0.05, 0.1) is 0 Å². The van der Waals surface area contributed by atoms with Crippen LogP contribution in [0.5, 0.6) is 11.6 Å². The number of rotatable bonds is 3. The van der Waals surface area contributed by atoms with Crippen molar-refractivity contribution < 1.29 is 4.74 Å². The Morgan fingerprint density at radius 3 is 2.72 bits per heavy atom. The summed E-state index contributed by atoms with van der Waals surface area (Å²) < 4.78 is 6.67. The zero-order valence-corrected chi connectivity index (χ0v) is 12.7. The predicted octanol–water partition coefficient (Wildman–Crippen LogP) is 5.34. The Labute approximate surface area is 124 Å². The zero-order chi connectivity index (χ0) is 13.1. The molecule has 0 saturated carbocycles. The van der Waals surface area contributed by atoms with E-state index in [9.17, 15) is 0 Å². The molecule has 0 spiro atoms. The molecule has 2 aromatic rings. The van der Waals surface area contributed by atoms with Crippen LogP contribution < -0.4 is 4.74 Å². The summed E-state index contributed by atoms with van der Waals surface area (Å²) in [6, 6.07) is 7.44. The van der Waals surface area contributed by atoms with Gasteiger partial charge in [0.1, 0.15) is 10.8 Å². The molecule has 2 rings (SSSR count). The molecule has 1 heterocycles. The molecule has 0 bridgehead atoms. The summed E-state index contributed by atoms with van der Waals surface area (Å²) in [7, 11) is 0. The number of halogens is 3. The Bertz CT molecular complexity index is 575. The number of hydrogen-bond donors (Lipinski definition) is 0. The Hall–Kier alpha value is -0.770. The van der Waals surface area contributed by atoms with Crippen molar-refractivity contribution in [2.45, 2.75) is 12.8 Å². The average Bonchev–Trinajstić information content (AvgIpc) is 2.36. The molecule has 1 aromatic heterocycles. The zero-order valence-electron chi connectivity index (χ0n) is 9.58. The van der Waals surface area contributed by atoms with E-state index >= 15 is 0 Å². The molecule has 0 atom stereocenters. The van der Waals surface area contributed by atoms with E-state index in [4.69, 9.17) is 27.9 Å². The van der Waals surface area contributed by atoms with Crippen LogP contribution in [0.2, 0.25) is 5.02 Å². The lowest BCUT2D eigenvalue weighted by molar-refractivity contribution is 0.462. The van der Waals surface area contributed by atoms with E-state index in [1.165, 1.54) is 0 Å². The second-order valence-corrected chi connectivity index (χ2v) is 5.31. The van der Waals surface area contributed by atoms with Gasteiger partial charge in [0, 0.05) is 16.5 Å². The molecule has 5 heteroatoms. The molecular formula is C13H10BrCl2NO. The van der Waals surface area contributed by atoms with E-state index in [0.717, 1.165) is 15.6 Å². The number of aromatic nitrogens is 1. The monoisotopic (exact) mass is 345 g/mol. The van der Waals surface area contributed by atoms with Crippen molar-refractivity contribution >= 4 is 39.1 Å². The number of hydrogen-bond acceptors (Lipinski definition) is 2. The third kappa shape index (κ3) is 3.16. The summed E-state index contributed by atoms with van der Waals surface area (Å²) in [6.07, 6.45) is 1.65. The highest BCUT2D eigenvalue weighted by atomic mass is 79.9. The average molecular weight is 347 g/mol. The van der Waals surface area contributed by atoms with Crippen molar-refractivity contribution in [2.75, 3.05) is 0 Å². The molecule has 0 fully saturated rings. The van der Waals surface area contributed by atoms with E-state index in [-0.39, 0.29) is 0 Å². The third-order valence-electron chi connectivity index (χ3n) is 2.36. The quantitative estimate of drug-likeness (QED) is 0.700. The number of nitrogens with zero attached hydrogens (tertiary/aromatic N) is 1. The maximum Gasteiger partial charge on any atom is 0.238 e. The summed E-state index contributed by atoms with van der Waals surface area (Å²) in [5, 5.41) is 0.453. The Balaban J connectivity index is 2.25. The van der Waals surface area contributed by atoms with E-state index in [1.807, 2.05) is 25.1 Å². The second kappa shape index (κ2) is 5.91. The van der Waals surface area contributed by atoms with Crippen molar-refractivity contribution in [3.8, 4) is 11.6 Å². The van der Waals surface area contributed by atoms with Gasteiger partial charge in [-0.2, -0.15) is 0 Å². The largest absolute Gasteiger partial charge is 0.438 e. The van der Waals surface area contributed by atoms with Gasteiger partial charge in [0.25, 0.3) is 0 Å². The molecule has 0 aliphatic rings. The molecule has 0 radical (unpaired) electrons. The van der Waals surface area contributed by atoms with E-state index in [1.54, 1.807) is 12.3 Å². The van der Waals surface area contributed by atoms with Crippen LogP contribution in [0.3, 0.4) is 0 Å². The predicted molar refractivity (Wildman–Crippen MR) is 77.8 cm³/mol. The lowest BCUT2D eigenvalue weighted by Gasteiger charge is -2.08. The molecule has 0 unspecified atom stereocenters. The van der Waals surface area contributed by atoms with Gasteiger partial charge in [0.2, 0.25) is 5.88 Å². The molecule has 2 nitrogen and oxygen atoms in total. The van der Waals surface area contributed by atoms with Crippen LogP contribution in [-0.2, 0) is 5.88 Å². The SMILES string of the molecule is Cc1cc(Oc2ncc(CCl)cc2Cl)ccc1Br. The van der Waals surface area contributed by atoms with Crippen molar-refractivity contribution in [2.24, 2.45) is 0 Å². The van der Waals surface area contributed by atoms with Gasteiger partial charge >= 0.3 is 0 Å². The first-order valence-corrected chi connectivity index (χ1v) is 6.95. The standard InChI is InChI=1S/C13H10BrCl2NO/c1-8-4-10(2-3-11(8)14)18-13-12(16)5-9(6-15)7-17-13/h2-5,7H,6H2,1H3. The smallest absolute Gasteiger partial charge is 0.238 e. The normalized spacial score (nSPS) is 10.4. The number of benzene rings is 1. The van der Waals surface area contributed by atoms with Crippen LogP contribution in [0.25, 0.3) is 0 Å². The first-order valence-electron chi connectivity index (χ1n) is 5.24. The maximum absolute atomic E-state index is 6.07. The van der Waals surface area contributed by atoms with E-state index < -0.39 is 0 Å². The van der Waals surface area contributed by atoms with Gasteiger partial charge in [-0.05, 0) is 42.3 Å². The number of aryl methyl sites for hydroxylation is 1. The minimum absolute atomic E-state index is 0.379. The van der Waals surface area contributed by atoms with Gasteiger partial charge in [-0.3, -0.25) is 0 Å².